The second-order valence-electron chi connectivity index (χ2n) is 5.22. The highest BCUT2D eigenvalue weighted by atomic mass is 32.2. The van der Waals surface area contributed by atoms with E-state index in [4.69, 9.17) is 0 Å². The first-order valence-electron chi connectivity index (χ1n) is 7.52. The van der Waals surface area contributed by atoms with E-state index in [-0.39, 0.29) is 5.75 Å². The molecule has 0 atom stereocenters. The van der Waals surface area contributed by atoms with Gasteiger partial charge in [-0.15, -0.1) is 0 Å². The molecule has 0 aliphatic carbocycles. The maximum absolute atomic E-state index is 11.7. The highest BCUT2D eigenvalue weighted by Crippen LogP contribution is 2.34. The smallest absolute Gasteiger partial charge is 0.267 e. The van der Waals surface area contributed by atoms with Gasteiger partial charge in [0.05, 0.1) is 11.3 Å². The van der Waals surface area contributed by atoms with Crippen LogP contribution in [0.1, 0.15) is 30.9 Å². The number of aryl methyl sites for hydroxylation is 1. The summed E-state index contributed by atoms with van der Waals surface area (Å²) in [6.45, 7) is 3.85. The van der Waals surface area contributed by atoms with Crippen LogP contribution in [0.25, 0.3) is 5.57 Å². The molecule has 0 saturated heterocycles. The Hall–Kier alpha value is -2.04. The number of nitriles is 1. The van der Waals surface area contributed by atoms with Gasteiger partial charge in [-0.05, 0) is 36.6 Å². The van der Waals surface area contributed by atoms with E-state index < -0.39 is 10.1 Å². The average Bonchev–Trinajstić information content (AvgIpc) is 3.03. The van der Waals surface area contributed by atoms with Crippen LogP contribution in [0.4, 0.5) is 0 Å². The largest absolute Gasteiger partial charge is 0.328 e. The van der Waals surface area contributed by atoms with E-state index in [1.54, 1.807) is 12.2 Å². The molecule has 0 fully saturated rings. The number of unbranched alkanes of at least 4 members (excludes halogenated alkanes) is 1. The Bertz CT molecular complexity index is 847. The molecule has 1 heterocycles. The molecule has 2 rings (SSSR count). The molecule has 1 aromatic carbocycles. The van der Waals surface area contributed by atoms with Gasteiger partial charge in [-0.3, -0.25) is 4.28 Å². The second-order valence-corrected chi connectivity index (χ2v) is 7.96. The number of oxime groups is 1. The molecular formula is C17H18N2O3S2. The lowest BCUT2D eigenvalue weighted by atomic mass is 10.0. The molecule has 0 amide bonds. The zero-order chi connectivity index (χ0) is 17.6. The first kappa shape index (κ1) is 18.3. The predicted octanol–water partition coefficient (Wildman–Crippen LogP) is 3.99. The van der Waals surface area contributed by atoms with Gasteiger partial charge in [0, 0.05) is 4.91 Å². The summed E-state index contributed by atoms with van der Waals surface area (Å²) in [6, 6.07) is 9.83. The van der Waals surface area contributed by atoms with E-state index in [0.717, 1.165) is 22.5 Å². The minimum atomic E-state index is -3.65. The number of rotatable bonds is 6. The number of hydrogen-bond donors (Lipinski definition) is 0. The maximum Gasteiger partial charge on any atom is 0.328 e. The van der Waals surface area contributed by atoms with Crippen LogP contribution in [-0.2, 0) is 14.4 Å². The van der Waals surface area contributed by atoms with Crippen LogP contribution in [0.3, 0.4) is 0 Å². The third-order valence-corrected chi connectivity index (χ3v) is 5.42. The van der Waals surface area contributed by atoms with Gasteiger partial charge in [0.25, 0.3) is 0 Å². The van der Waals surface area contributed by atoms with E-state index in [0.29, 0.717) is 17.0 Å². The fraction of sp³-hybridized carbons (Fsp3) is 0.294. The van der Waals surface area contributed by atoms with E-state index >= 15 is 0 Å². The van der Waals surface area contributed by atoms with Crippen LogP contribution in [0.5, 0.6) is 0 Å². The van der Waals surface area contributed by atoms with Crippen molar-refractivity contribution in [2.24, 2.45) is 5.16 Å². The van der Waals surface area contributed by atoms with Crippen molar-refractivity contribution in [3.8, 4) is 6.07 Å². The maximum atomic E-state index is 11.7. The molecule has 7 heteroatoms. The molecule has 24 heavy (non-hydrogen) atoms. The van der Waals surface area contributed by atoms with Gasteiger partial charge in [-0.1, -0.05) is 54.5 Å². The molecule has 0 aromatic heterocycles. The lowest BCUT2D eigenvalue weighted by Gasteiger charge is -2.06. The SMILES string of the molecule is CCCCS(=O)(=O)ON=C1C=CC(=C(C#N)c2ccccc2C)S1. The zero-order valence-electron chi connectivity index (χ0n) is 13.5. The topological polar surface area (TPSA) is 79.5 Å². The van der Waals surface area contributed by atoms with Crippen LogP contribution in [0.2, 0.25) is 0 Å². The number of thioether (sulfide) groups is 1. The van der Waals surface area contributed by atoms with Crippen molar-refractivity contribution in [1.82, 2.24) is 0 Å². The molecule has 126 valence electrons. The van der Waals surface area contributed by atoms with Crippen LogP contribution in [0.15, 0.2) is 46.5 Å². The Morgan fingerprint density at radius 1 is 1.33 bits per heavy atom. The van der Waals surface area contributed by atoms with E-state index in [2.05, 4.69) is 15.5 Å². The number of hydrogen-bond acceptors (Lipinski definition) is 6. The summed E-state index contributed by atoms with van der Waals surface area (Å²) in [5.74, 6) is -0.0516. The first-order chi connectivity index (χ1) is 11.5. The van der Waals surface area contributed by atoms with Crippen molar-refractivity contribution in [1.29, 1.82) is 5.26 Å². The van der Waals surface area contributed by atoms with E-state index in [1.165, 1.54) is 11.8 Å². The van der Waals surface area contributed by atoms with Crippen LogP contribution in [0, 0.1) is 18.3 Å². The molecule has 0 unspecified atom stereocenters. The number of nitrogens with zero attached hydrogens (tertiary/aromatic N) is 2. The van der Waals surface area contributed by atoms with Crippen molar-refractivity contribution >= 4 is 32.5 Å². The van der Waals surface area contributed by atoms with E-state index in [1.807, 2.05) is 38.1 Å². The number of allylic oxidation sites excluding steroid dienone is 2. The summed E-state index contributed by atoms with van der Waals surface area (Å²) in [4.78, 5) is 0.722. The summed E-state index contributed by atoms with van der Waals surface area (Å²) in [7, 11) is -3.65. The highest BCUT2D eigenvalue weighted by Gasteiger charge is 2.18. The number of benzene rings is 1. The predicted molar refractivity (Wildman–Crippen MR) is 97.7 cm³/mol. The van der Waals surface area contributed by atoms with Crippen LogP contribution < -0.4 is 0 Å². The summed E-state index contributed by atoms with van der Waals surface area (Å²) < 4.78 is 28.0. The third-order valence-electron chi connectivity index (χ3n) is 3.35. The lowest BCUT2D eigenvalue weighted by Crippen LogP contribution is -2.07. The Morgan fingerprint density at radius 2 is 2.08 bits per heavy atom. The molecule has 0 N–H and O–H groups in total. The molecular weight excluding hydrogens is 344 g/mol. The second kappa shape index (κ2) is 8.18. The van der Waals surface area contributed by atoms with Gasteiger partial charge in [-0.2, -0.15) is 13.7 Å². The van der Waals surface area contributed by atoms with Gasteiger partial charge < -0.3 is 0 Å². The molecule has 0 spiro atoms. The van der Waals surface area contributed by atoms with Crippen molar-refractivity contribution < 1.29 is 12.7 Å². The Morgan fingerprint density at radius 3 is 2.75 bits per heavy atom. The van der Waals surface area contributed by atoms with E-state index in [9.17, 15) is 13.7 Å². The van der Waals surface area contributed by atoms with Gasteiger partial charge in [0.1, 0.15) is 11.1 Å². The Balaban J connectivity index is 2.18. The lowest BCUT2D eigenvalue weighted by molar-refractivity contribution is 0.340. The summed E-state index contributed by atoms with van der Waals surface area (Å²) >= 11 is 1.22. The molecule has 0 radical (unpaired) electrons. The molecule has 5 nitrogen and oxygen atoms in total. The van der Waals surface area contributed by atoms with Gasteiger partial charge in [0.15, 0.2) is 0 Å². The normalized spacial score (nSPS) is 17.8. The summed E-state index contributed by atoms with van der Waals surface area (Å²) in [5.41, 5.74) is 2.39. The Labute approximate surface area is 146 Å². The molecule has 1 aromatic rings. The highest BCUT2D eigenvalue weighted by molar-refractivity contribution is 8.18. The molecule has 1 aliphatic rings. The van der Waals surface area contributed by atoms with Crippen LogP contribution in [-0.4, -0.2) is 19.2 Å². The summed E-state index contributed by atoms with van der Waals surface area (Å²) in [5, 5.41) is 13.6. The zero-order valence-corrected chi connectivity index (χ0v) is 15.2. The first-order valence-corrected chi connectivity index (χ1v) is 9.92. The average molecular weight is 362 g/mol. The molecule has 1 aliphatic heterocycles. The van der Waals surface area contributed by atoms with Crippen molar-refractivity contribution in [3.05, 3.63) is 52.4 Å². The van der Waals surface area contributed by atoms with Crippen molar-refractivity contribution in [2.45, 2.75) is 26.7 Å². The van der Waals surface area contributed by atoms with Crippen molar-refractivity contribution in [2.75, 3.05) is 5.75 Å². The fourth-order valence-corrected chi connectivity index (χ4v) is 3.85. The fourth-order valence-electron chi connectivity index (χ4n) is 2.06. The summed E-state index contributed by atoms with van der Waals surface area (Å²) in [6.07, 6.45) is 4.69. The Kier molecular flexibility index (Phi) is 6.23. The standard InChI is InChI=1S/C17H18N2O3S2/c1-3-4-11-24(20,21)22-19-17-10-9-16(23-17)15(12-18)14-8-6-5-7-13(14)2/h5-10H,3-4,11H2,1-2H3. The van der Waals surface area contributed by atoms with Gasteiger partial charge >= 0.3 is 10.1 Å². The van der Waals surface area contributed by atoms with Gasteiger partial charge in [-0.25, -0.2) is 0 Å². The van der Waals surface area contributed by atoms with Gasteiger partial charge in [0.2, 0.25) is 0 Å². The third kappa shape index (κ3) is 4.73. The molecule has 0 saturated carbocycles. The van der Waals surface area contributed by atoms with Crippen molar-refractivity contribution in [3.63, 3.8) is 0 Å². The molecule has 0 bridgehead atoms. The quantitative estimate of drug-likeness (QED) is 0.564. The minimum absolute atomic E-state index is 0.0516. The monoisotopic (exact) mass is 362 g/mol. The van der Waals surface area contributed by atoms with Crippen LogP contribution >= 0.6 is 11.8 Å². The minimum Gasteiger partial charge on any atom is -0.267 e.